The Morgan fingerprint density at radius 1 is 0.560 bits per heavy atom. The largest absolute Gasteiger partial charge is 0.488 e. The van der Waals surface area contributed by atoms with E-state index in [0.29, 0.717) is 122 Å². The van der Waals surface area contributed by atoms with E-state index in [1.807, 2.05) is 132 Å². The van der Waals surface area contributed by atoms with Crippen molar-refractivity contribution in [3.8, 4) is 22.5 Å². The smallest absolute Gasteiger partial charge is 0.466 e. The lowest BCUT2D eigenvalue weighted by molar-refractivity contribution is -0.143. The second-order valence-electron chi connectivity index (χ2n) is 23.9. The van der Waals surface area contributed by atoms with Crippen molar-refractivity contribution >= 4 is 91.9 Å². The number of anilines is 2. The van der Waals surface area contributed by atoms with Gasteiger partial charge in [0.25, 0.3) is 11.1 Å². The Hall–Kier alpha value is -10.6. The standard InChI is InChI=1S/C37H37N7O4.C27H26ClN7O2.C10H13BO4/c1-3-28(41-34-33-36(39-22-38-34)43(23-40-33)30-15-8-9-20-48-30)35-42-29-14-10-13-27(25-18-16-24(17-19-25)21-31(45)47-4-2)32(29)37(46)44(35)26-11-6-5-7-12-26;1-2-19(32-24-23-26(30-15-29-24)34(16-31-23)21-13-6-7-14-37-21)25-33-20-12-8-11-18(28)22(20)27(36)35(25)17-9-4-3-5-10-17;1-2-15-10(12)7-8-3-5-9(6-4-8)11(13)14/h5-7,10-14,16-19,22-23,28,30H,3-4,8-9,15,20-21H2,1-2H3,(H,38,39,41);3-5,8-12,15-16,19,21H,2,6-7,13-14H2,1H3,(H,29,30,32);3-6,13-14H,2,7H2,1H3/t28-,30?;19-,21?;/m00./s1. The molecule has 2 saturated heterocycles. The molecule has 0 spiro atoms. The topological polar surface area (TPSA) is 293 Å². The van der Waals surface area contributed by atoms with Gasteiger partial charge in [0, 0.05) is 13.2 Å². The maximum Gasteiger partial charge on any atom is 0.488 e. The highest BCUT2D eigenvalue weighted by Crippen LogP contribution is 2.35. The van der Waals surface area contributed by atoms with E-state index >= 15 is 0 Å². The summed E-state index contributed by atoms with van der Waals surface area (Å²) in [6.07, 6.45) is 14.2. The second-order valence-corrected chi connectivity index (χ2v) is 24.4. The van der Waals surface area contributed by atoms with E-state index in [1.54, 1.807) is 72.0 Å². The predicted octanol–water partition coefficient (Wildman–Crippen LogP) is 11.5. The number of nitrogens with zero attached hydrogens (tertiary/aromatic N) is 12. The zero-order valence-corrected chi connectivity index (χ0v) is 56.6. The lowest BCUT2D eigenvalue weighted by atomic mass is 9.80. The van der Waals surface area contributed by atoms with Gasteiger partial charge in [-0.25, -0.2) is 39.9 Å². The number of hydrogen-bond acceptors (Lipinski definition) is 20. The number of hydrogen-bond donors (Lipinski definition) is 4. The third-order valence-electron chi connectivity index (χ3n) is 17.4. The number of benzene rings is 6. The number of aromatic nitrogens is 12. The molecule has 100 heavy (non-hydrogen) atoms. The summed E-state index contributed by atoms with van der Waals surface area (Å²) in [5, 5.41) is 26.0. The zero-order chi connectivity index (χ0) is 69.7. The maximum absolute atomic E-state index is 14.7. The second kappa shape index (κ2) is 32.4. The van der Waals surface area contributed by atoms with E-state index in [9.17, 15) is 19.2 Å². The molecule has 2 fully saturated rings. The van der Waals surface area contributed by atoms with Gasteiger partial charge >= 0.3 is 19.1 Å². The van der Waals surface area contributed by atoms with Crippen molar-refractivity contribution in [1.82, 2.24) is 58.1 Å². The highest BCUT2D eigenvalue weighted by Gasteiger charge is 2.28. The number of imidazole rings is 2. The highest BCUT2D eigenvalue weighted by molar-refractivity contribution is 6.58. The molecule has 2 aliphatic heterocycles. The summed E-state index contributed by atoms with van der Waals surface area (Å²) in [6.45, 7) is 9.78. The fourth-order valence-electron chi connectivity index (χ4n) is 12.4. The fourth-order valence-corrected chi connectivity index (χ4v) is 12.7. The number of rotatable bonds is 20. The Kier molecular flexibility index (Phi) is 22.5. The molecule has 6 aromatic carbocycles. The monoisotopic (exact) mass is 1370 g/mol. The number of para-hydroxylation sites is 2. The predicted molar refractivity (Wildman–Crippen MR) is 384 cm³/mol. The van der Waals surface area contributed by atoms with Crippen LogP contribution in [0.3, 0.4) is 0 Å². The molecular weight excluding hydrogens is 1290 g/mol. The molecular formula is C74H76BClN14O10. The molecule has 0 bridgehead atoms. The van der Waals surface area contributed by atoms with Crippen LogP contribution in [-0.2, 0) is 41.4 Å². The minimum atomic E-state index is -1.47. The minimum Gasteiger partial charge on any atom is -0.466 e. The number of esters is 2. The van der Waals surface area contributed by atoms with Gasteiger partial charge in [-0.2, -0.15) is 0 Å². The normalized spacial score (nSPS) is 15.1. The van der Waals surface area contributed by atoms with Crippen LogP contribution in [0, 0.1) is 0 Å². The third-order valence-corrected chi connectivity index (χ3v) is 17.7. The SMILES string of the molecule is CCOC(=O)Cc1ccc(-c2cccc3nc([C@H](CC)Nc4ncnc5c4ncn5C4CCCCO4)n(-c4ccccc4)c(=O)c23)cc1.CCOC(=O)Cc1ccc(B(O)O)cc1.CC[C@H](Nc1ncnc2c1ncn2C1CCCCO1)c1nc2cccc(Cl)c2c(=O)n1-c1ccccc1. The van der Waals surface area contributed by atoms with Gasteiger partial charge < -0.3 is 39.6 Å². The molecule has 0 amide bonds. The number of carbonyl (C=O) groups is 2. The summed E-state index contributed by atoms with van der Waals surface area (Å²) in [5.41, 5.74) is 8.48. The van der Waals surface area contributed by atoms with Crippen molar-refractivity contribution in [3.63, 3.8) is 0 Å². The van der Waals surface area contributed by atoms with E-state index in [0.717, 1.165) is 67.4 Å². The number of nitrogens with one attached hydrogen (secondary N) is 2. The van der Waals surface area contributed by atoms with Crippen molar-refractivity contribution in [1.29, 1.82) is 0 Å². The summed E-state index contributed by atoms with van der Waals surface area (Å²) in [7, 11) is -1.47. The summed E-state index contributed by atoms with van der Waals surface area (Å²) in [5.74, 6) is 1.71. The van der Waals surface area contributed by atoms with Crippen LogP contribution in [0.15, 0.2) is 180 Å². The van der Waals surface area contributed by atoms with E-state index in [2.05, 4.69) is 40.5 Å². The van der Waals surface area contributed by atoms with Crippen LogP contribution in [0.1, 0.15) is 126 Å². The first-order valence-electron chi connectivity index (χ1n) is 33.7. The molecule has 2 unspecified atom stereocenters. The average Bonchev–Trinajstić information content (AvgIpc) is 0.893. The molecule has 0 radical (unpaired) electrons. The molecule has 4 atom stereocenters. The Bertz CT molecular complexity index is 4930. The number of fused-ring (bicyclic) bond motifs is 4. The highest BCUT2D eigenvalue weighted by atomic mass is 35.5. The van der Waals surface area contributed by atoms with Gasteiger partial charge in [-0.3, -0.25) is 37.4 Å². The van der Waals surface area contributed by atoms with Crippen molar-refractivity contribution < 1.29 is 38.6 Å². The van der Waals surface area contributed by atoms with Crippen molar-refractivity contribution in [2.45, 2.75) is 116 Å². The quantitative estimate of drug-likeness (QED) is 0.0407. The molecule has 8 heterocycles. The van der Waals surface area contributed by atoms with Gasteiger partial charge in [0.2, 0.25) is 0 Å². The maximum atomic E-state index is 14.7. The molecule has 14 rings (SSSR count). The van der Waals surface area contributed by atoms with Crippen LogP contribution in [-0.4, -0.2) is 114 Å². The van der Waals surface area contributed by atoms with E-state index in [4.69, 9.17) is 50.6 Å². The Labute approximate surface area is 581 Å². The summed E-state index contributed by atoms with van der Waals surface area (Å²) in [4.78, 5) is 89.1. The lowest BCUT2D eigenvalue weighted by Crippen LogP contribution is -2.29. The first-order valence-corrected chi connectivity index (χ1v) is 34.1. The molecule has 6 aromatic heterocycles. The Balaban J connectivity index is 0.000000161. The van der Waals surface area contributed by atoms with E-state index in [1.165, 1.54) is 12.7 Å². The molecule has 26 heteroatoms. The van der Waals surface area contributed by atoms with E-state index < -0.39 is 7.12 Å². The van der Waals surface area contributed by atoms with Gasteiger partial charge in [0.15, 0.2) is 34.0 Å². The zero-order valence-electron chi connectivity index (χ0n) is 55.9. The number of carbonyl (C=O) groups excluding carboxylic acids is 2. The van der Waals surface area contributed by atoms with Gasteiger partial charge in [-0.15, -0.1) is 0 Å². The molecule has 0 aliphatic carbocycles. The first-order chi connectivity index (χ1) is 48.8. The summed E-state index contributed by atoms with van der Waals surface area (Å²) < 4.78 is 29.1. The summed E-state index contributed by atoms with van der Waals surface area (Å²) >= 11 is 6.44. The van der Waals surface area contributed by atoms with Crippen LogP contribution in [0.25, 0.3) is 66.6 Å². The first kappa shape index (κ1) is 69.3. The van der Waals surface area contributed by atoms with Crippen LogP contribution in [0.5, 0.6) is 0 Å². The van der Waals surface area contributed by atoms with Gasteiger partial charge in [-0.05, 0) is 135 Å². The van der Waals surface area contributed by atoms with Crippen LogP contribution < -0.4 is 27.2 Å². The average molecular weight is 1370 g/mol. The third kappa shape index (κ3) is 15.5. The molecule has 12 aromatic rings. The number of ether oxygens (including phenoxy) is 4. The molecule has 512 valence electrons. The lowest BCUT2D eigenvalue weighted by Gasteiger charge is -2.24. The van der Waals surface area contributed by atoms with Crippen LogP contribution in [0.4, 0.5) is 11.6 Å². The van der Waals surface area contributed by atoms with Gasteiger partial charge in [0.1, 0.15) is 36.8 Å². The van der Waals surface area contributed by atoms with Crippen LogP contribution >= 0.6 is 11.6 Å². The van der Waals surface area contributed by atoms with Gasteiger partial charge in [-0.1, -0.05) is 129 Å². The Morgan fingerprint density at radius 3 is 1.47 bits per heavy atom. The summed E-state index contributed by atoms with van der Waals surface area (Å²) in [6, 6.07) is 43.5. The Morgan fingerprint density at radius 2 is 1.02 bits per heavy atom. The van der Waals surface area contributed by atoms with E-state index in [-0.39, 0.29) is 60.4 Å². The van der Waals surface area contributed by atoms with Crippen molar-refractivity contribution in [2.24, 2.45) is 0 Å². The minimum absolute atomic E-state index is 0.0846. The molecule has 4 N–H and O–H groups in total. The van der Waals surface area contributed by atoms with Crippen LogP contribution in [0.2, 0.25) is 5.02 Å². The van der Waals surface area contributed by atoms with Gasteiger partial charge in [0.05, 0.1) is 89.0 Å². The molecule has 24 nitrogen and oxygen atoms in total. The molecule has 0 saturated carbocycles. The molecule has 2 aliphatic rings. The fraction of sp³-hybridized carbons (Fsp3) is 0.297. The van der Waals surface area contributed by atoms with Crippen molar-refractivity contribution in [3.05, 3.63) is 219 Å². The van der Waals surface area contributed by atoms with Crippen molar-refractivity contribution in [2.75, 3.05) is 37.1 Å². The number of halogens is 1.